The lowest BCUT2D eigenvalue weighted by Crippen LogP contribution is -2.42. The maximum Gasteiger partial charge on any atom is 0.417 e. The van der Waals surface area contributed by atoms with Crippen molar-refractivity contribution in [3.05, 3.63) is 22.8 Å². The van der Waals surface area contributed by atoms with Crippen molar-refractivity contribution < 1.29 is 22.6 Å². The van der Waals surface area contributed by atoms with Crippen molar-refractivity contribution in [1.29, 1.82) is 0 Å². The predicted octanol–water partition coefficient (Wildman–Crippen LogP) is 2.27. The van der Waals surface area contributed by atoms with Gasteiger partial charge in [0.2, 0.25) is 5.88 Å². The molecule has 0 saturated carbocycles. The molecule has 0 aliphatic heterocycles. The zero-order valence-electron chi connectivity index (χ0n) is 16.3. The molecule has 0 amide bonds. The summed E-state index contributed by atoms with van der Waals surface area (Å²) in [4.78, 5) is 9.89. The van der Waals surface area contributed by atoms with Crippen LogP contribution >= 0.6 is 11.6 Å². The van der Waals surface area contributed by atoms with Crippen LogP contribution in [0.15, 0.2) is 17.3 Å². The maximum atomic E-state index is 12.6. The summed E-state index contributed by atoms with van der Waals surface area (Å²) >= 11 is 5.79. The Morgan fingerprint density at radius 1 is 1.25 bits per heavy atom. The van der Waals surface area contributed by atoms with E-state index in [4.69, 9.17) is 21.1 Å². The molecule has 2 N–H and O–H groups in total. The third kappa shape index (κ3) is 9.43. The van der Waals surface area contributed by atoms with Crippen LogP contribution in [0.1, 0.15) is 12.0 Å². The van der Waals surface area contributed by atoms with E-state index in [9.17, 15) is 13.2 Å². The summed E-state index contributed by atoms with van der Waals surface area (Å²) in [6, 6.07) is 0.793. The zero-order chi connectivity index (χ0) is 21.0. The maximum absolute atomic E-state index is 12.6. The lowest BCUT2D eigenvalue weighted by molar-refractivity contribution is -0.137. The Labute approximate surface area is 168 Å². The van der Waals surface area contributed by atoms with Gasteiger partial charge in [-0.2, -0.15) is 13.2 Å². The second kappa shape index (κ2) is 12.6. The molecule has 0 aromatic carbocycles. The van der Waals surface area contributed by atoms with E-state index >= 15 is 0 Å². The minimum atomic E-state index is -4.49. The highest BCUT2D eigenvalue weighted by molar-refractivity contribution is 6.31. The van der Waals surface area contributed by atoms with Gasteiger partial charge in [-0.25, -0.2) is 4.98 Å². The highest BCUT2D eigenvalue weighted by atomic mass is 35.5. The molecule has 28 heavy (non-hydrogen) atoms. The molecule has 1 aromatic rings. The van der Waals surface area contributed by atoms with Gasteiger partial charge in [0.25, 0.3) is 0 Å². The van der Waals surface area contributed by atoms with Crippen molar-refractivity contribution in [3.8, 4) is 5.88 Å². The predicted molar refractivity (Wildman–Crippen MR) is 103 cm³/mol. The molecule has 0 radical (unpaired) electrons. The summed E-state index contributed by atoms with van der Waals surface area (Å²) < 4.78 is 48.1. The van der Waals surface area contributed by atoms with Crippen LogP contribution in [-0.4, -0.2) is 76.4 Å². The van der Waals surface area contributed by atoms with Crippen LogP contribution in [0, 0.1) is 0 Å². The van der Waals surface area contributed by atoms with Crippen molar-refractivity contribution in [3.63, 3.8) is 0 Å². The lowest BCUT2D eigenvalue weighted by Gasteiger charge is -2.18. The second-order valence-electron chi connectivity index (χ2n) is 5.93. The molecule has 0 unspecified atom stereocenters. The molecule has 0 aliphatic rings. The van der Waals surface area contributed by atoms with Crippen molar-refractivity contribution >= 4 is 17.6 Å². The molecule has 11 heteroatoms. The van der Waals surface area contributed by atoms with E-state index in [2.05, 4.69) is 25.5 Å². The Morgan fingerprint density at radius 2 is 1.96 bits per heavy atom. The molecule has 7 nitrogen and oxygen atoms in total. The number of likely N-dealkylation sites (N-methyl/N-ethyl adjacent to an activating group) is 1. The SMILES string of the molecule is CN=C(NCCOc1ncc(C(F)(F)F)cc1Cl)NCCN(C)CCCOC. The first kappa shape index (κ1) is 24.3. The number of hydrogen-bond acceptors (Lipinski definition) is 5. The highest BCUT2D eigenvalue weighted by Crippen LogP contribution is 2.32. The van der Waals surface area contributed by atoms with Crippen LogP contribution in [-0.2, 0) is 10.9 Å². The highest BCUT2D eigenvalue weighted by Gasteiger charge is 2.31. The second-order valence-corrected chi connectivity index (χ2v) is 6.34. The largest absolute Gasteiger partial charge is 0.475 e. The van der Waals surface area contributed by atoms with Crippen LogP contribution in [0.4, 0.5) is 13.2 Å². The van der Waals surface area contributed by atoms with Gasteiger partial charge in [0.1, 0.15) is 11.6 Å². The fourth-order valence-corrected chi connectivity index (χ4v) is 2.40. The third-order valence-corrected chi connectivity index (χ3v) is 3.94. The number of aromatic nitrogens is 1. The van der Waals surface area contributed by atoms with Crippen molar-refractivity contribution in [2.45, 2.75) is 12.6 Å². The number of nitrogens with zero attached hydrogens (tertiary/aromatic N) is 3. The first-order valence-electron chi connectivity index (χ1n) is 8.75. The van der Waals surface area contributed by atoms with Gasteiger partial charge in [-0.05, 0) is 19.5 Å². The zero-order valence-corrected chi connectivity index (χ0v) is 17.0. The number of guanidine groups is 1. The van der Waals surface area contributed by atoms with Crippen molar-refractivity contribution in [2.24, 2.45) is 4.99 Å². The van der Waals surface area contributed by atoms with Crippen LogP contribution in [0.3, 0.4) is 0 Å². The van der Waals surface area contributed by atoms with Crippen LogP contribution in [0.25, 0.3) is 0 Å². The van der Waals surface area contributed by atoms with E-state index in [1.54, 1.807) is 14.2 Å². The van der Waals surface area contributed by atoms with Gasteiger partial charge in [0, 0.05) is 46.6 Å². The lowest BCUT2D eigenvalue weighted by atomic mass is 10.3. The number of alkyl halides is 3. The minimum Gasteiger partial charge on any atom is -0.475 e. The molecule has 0 bridgehead atoms. The Bertz CT molecular complexity index is 617. The average Bonchev–Trinajstić information content (AvgIpc) is 2.64. The number of halogens is 4. The fraction of sp³-hybridized carbons (Fsp3) is 0.647. The van der Waals surface area contributed by atoms with Gasteiger partial charge >= 0.3 is 6.18 Å². The molecule has 160 valence electrons. The number of hydrogen-bond donors (Lipinski definition) is 2. The molecule has 0 atom stereocenters. The Kier molecular flexibility index (Phi) is 10.9. The third-order valence-electron chi connectivity index (χ3n) is 3.67. The van der Waals surface area contributed by atoms with E-state index in [0.717, 1.165) is 32.2 Å². The minimum absolute atomic E-state index is 0.0444. The molecule has 0 aliphatic carbocycles. The van der Waals surface area contributed by atoms with E-state index < -0.39 is 11.7 Å². The standard InChI is InChI=1S/C17H27ClF3N5O2/c1-22-16(23-5-8-26(2)7-4-9-27-3)24-6-10-28-15-14(18)11-13(12-25-15)17(19,20)21/h11-12H,4-10H2,1-3H3,(H2,22,23,24). The van der Waals surface area contributed by atoms with Gasteiger partial charge < -0.3 is 25.0 Å². The van der Waals surface area contributed by atoms with E-state index in [-0.39, 0.29) is 17.5 Å². The smallest absolute Gasteiger partial charge is 0.417 e. The van der Waals surface area contributed by atoms with Crippen LogP contribution in [0.5, 0.6) is 5.88 Å². The quantitative estimate of drug-likeness (QED) is 0.322. The van der Waals surface area contributed by atoms with Crippen LogP contribution < -0.4 is 15.4 Å². The molecule has 1 aromatic heterocycles. The van der Waals surface area contributed by atoms with Crippen LogP contribution in [0.2, 0.25) is 5.02 Å². The number of ether oxygens (including phenoxy) is 2. The van der Waals surface area contributed by atoms with E-state index in [1.165, 1.54) is 0 Å². The van der Waals surface area contributed by atoms with Gasteiger partial charge in [0.05, 0.1) is 12.1 Å². The number of nitrogens with one attached hydrogen (secondary N) is 2. The summed E-state index contributed by atoms with van der Waals surface area (Å²) in [6.45, 7) is 3.76. The number of pyridine rings is 1. The normalized spacial score (nSPS) is 12.4. The van der Waals surface area contributed by atoms with Gasteiger partial charge in [-0.3, -0.25) is 4.99 Å². The number of rotatable bonds is 11. The first-order valence-corrected chi connectivity index (χ1v) is 9.13. The molecule has 0 spiro atoms. The summed E-state index contributed by atoms with van der Waals surface area (Å²) in [5.41, 5.74) is -0.917. The van der Waals surface area contributed by atoms with Crippen molar-refractivity contribution in [2.75, 3.05) is 60.6 Å². The number of aliphatic imine (C=N–C) groups is 1. The molecule has 0 saturated heterocycles. The Morgan fingerprint density at radius 3 is 2.57 bits per heavy atom. The summed E-state index contributed by atoms with van der Waals surface area (Å²) in [6.07, 6.45) is -2.83. The number of methoxy groups -OCH3 is 1. The Hall–Kier alpha value is -1.78. The van der Waals surface area contributed by atoms with E-state index in [0.29, 0.717) is 25.2 Å². The summed E-state index contributed by atoms with van der Waals surface area (Å²) in [5.74, 6) is 0.553. The average molecular weight is 426 g/mol. The molecule has 1 heterocycles. The molecular formula is C17H27ClF3N5O2. The van der Waals surface area contributed by atoms with Gasteiger partial charge in [0.15, 0.2) is 5.96 Å². The topological polar surface area (TPSA) is 71.0 Å². The fourth-order valence-electron chi connectivity index (χ4n) is 2.18. The molecule has 0 fully saturated rings. The Balaban J connectivity index is 2.28. The van der Waals surface area contributed by atoms with E-state index in [1.807, 2.05) is 7.05 Å². The summed E-state index contributed by atoms with van der Waals surface area (Å²) in [5, 5.41) is 6.03. The molecule has 1 rings (SSSR count). The van der Waals surface area contributed by atoms with Gasteiger partial charge in [-0.1, -0.05) is 11.6 Å². The summed E-state index contributed by atoms with van der Waals surface area (Å²) in [7, 11) is 5.36. The van der Waals surface area contributed by atoms with Gasteiger partial charge in [-0.15, -0.1) is 0 Å². The first-order chi connectivity index (χ1) is 13.3. The molecular weight excluding hydrogens is 399 g/mol. The monoisotopic (exact) mass is 425 g/mol. The van der Waals surface area contributed by atoms with Crippen molar-refractivity contribution in [1.82, 2.24) is 20.5 Å².